The minimum atomic E-state index is -0.346. The second-order valence-electron chi connectivity index (χ2n) is 5.42. The van der Waals surface area contributed by atoms with Crippen molar-refractivity contribution in [3.8, 4) is 5.75 Å². The molecule has 0 unspecified atom stereocenters. The van der Waals surface area contributed by atoms with Crippen LogP contribution < -0.4 is 10.1 Å². The van der Waals surface area contributed by atoms with Crippen molar-refractivity contribution in [2.45, 2.75) is 39.9 Å². The van der Waals surface area contributed by atoms with Crippen molar-refractivity contribution in [2.24, 2.45) is 0 Å². The first-order valence-corrected chi connectivity index (χ1v) is 7.08. The molecule has 114 valence electrons. The van der Waals surface area contributed by atoms with E-state index in [9.17, 15) is 4.39 Å². The summed E-state index contributed by atoms with van der Waals surface area (Å²) in [6.07, 6.45) is 1.87. The summed E-state index contributed by atoms with van der Waals surface area (Å²) >= 11 is 0. The zero-order valence-electron chi connectivity index (χ0n) is 13.0. The van der Waals surface area contributed by atoms with E-state index < -0.39 is 0 Å². The maximum atomic E-state index is 13.7. The van der Waals surface area contributed by atoms with Crippen LogP contribution in [0.25, 0.3) is 0 Å². The number of benzene rings is 1. The number of ether oxygens (including phenoxy) is 1. The Morgan fingerprint density at radius 2 is 2.14 bits per heavy atom. The normalized spacial score (nSPS) is 11.1. The summed E-state index contributed by atoms with van der Waals surface area (Å²) in [5.74, 6) is -0.0840. The molecule has 0 radical (unpaired) electrons. The zero-order chi connectivity index (χ0) is 15.4. The first-order chi connectivity index (χ1) is 10.0. The molecule has 0 amide bonds. The molecule has 2 rings (SSSR count). The second-order valence-corrected chi connectivity index (χ2v) is 5.42. The fraction of sp³-hybridized carbons (Fsp3) is 0.438. The van der Waals surface area contributed by atoms with Crippen LogP contribution in [0.1, 0.15) is 30.7 Å². The molecule has 0 saturated heterocycles. The number of methoxy groups -OCH3 is 1. The summed E-state index contributed by atoms with van der Waals surface area (Å²) in [4.78, 5) is 0. The predicted molar refractivity (Wildman–Crippen MR) is 81.0 cm³/mol. The van der Waals surface area contributed by atoms with Gasteiger partial charge in [-0.05, 0) is 24.6 Å². The molecule has 4 nitrogen and oxygen atoms in total. The van der Waals surface area contributed by atoms with E-state index in [1.807, 2.05) is 23.9 Å². The number of hydrogen-bond acceptors (Lipinski definition) is 3. The summed E-state index contributed by atoms with van der Waals surface area (Å²) in [7, 11) is 1.46. The van der Waals surface area contributed by atoms with Gasteiger partial charge in [-0.25, -0.2) is 4.39 Å². The van der Waals surface area contributed by atoms with Crippen LogP contribution in [0.4, 0.5) is 4.39 Å². The van der Waals surface area contributed by atoms with Crippen LogP contribution in [0.5, 0.6) is 5.75 Å². The van der Waals surface area contributed by atoms with Crippen LogP contribution in [0.3, 0.4) is 0 Å². The molecule has 1 heterocycles. The molecular weight excluding hydrogens is 269 g/mol. The monoisotopic (exact) mass is 291 g/mol. The van der Waals surface area contributed by atoms with E-state index >= 15 is 0 Å². The molecule has 2 aromatic rings. The highest BCUT2D eigenvalue weighted by atomic mass is 19.1. The topological polar surface area (TPSA) is 39.1 Å². The van der Waals surface area contributed by atoms with E-state index in [2.05, 4.69) is 24.3 Å². The Morgan fingerprint density at radius 1 is 1.38 bits per heavy atom. The van der Waals surface area contributed by atoms with E-state index in [1.54, 1.807) is 6.07 Å². The molecular formula is C16H22FN3O. The van der Waals surface area contributed by atoms with E-state index in [4.69, 9.17) is 4.74 Å². The number of nitrogens with one attached hydrogen (secondary N) is 1. The summed E-state index contributed by atoms with van der Waals surface area (Å²) in [6.45, 7) is 7.60. The SMILES string of the molecule is COc1ccc(Cn2ncc(CNC(C)C)c2C)cc1F. The first-order valence-electron chi connectivity index (χ1n) is 7.08. The van der Waals surface area contributed by atoms with Crippen molar-refractivity contribution in [1.82, 2.24) is 15.1 Å². The molecule has 1 aromatic heterocycles. The Kier molecular flexibility index (Phi) is 4.96. The van der Waals surface area contributed by atoms with Gasteiger partial charge in [0.1, 0.15) is 0 Å². The van der Waals surface area contributed by atoms with Gasteiger partial charge >= 0.3 is 0 Å². The van der Waals surface area contributed by atoms with Crippen molar-refractivity contribution in [3.63, 3.8) is 0 Å². The predicted octanol–water partition coefficient (Wildman–Crippen LogP) is 2.89. The van der Waals surface area contributed by atoms with Gasteiger partial charge in [-0.1, -0.05) is 19.9 Å². The average Bonchev–Trinajstić information content (AvgIpc) is 2.78. The molecule has 0 aliphatic rings. The Morgan fingerprint density at radius 3 is 2.76 bits per heavy atom. The molecule has 0 atom stereocenters. The van der Waals surface area contributed by atoms with Gasteiger partial charge in [0.15, 0.2) is 11.6 Å². The molecule has 0 saturated carbocycles. The van der Waals surface area contributed by atoms with Gasteiger partial charge in [0.25, 0.3) is 0 Å². The smallest absolute Gasteiger partial charge is 0.165 e. The highest BCUT2D eigenvalue weighted by Gasteiger charge is 2.09. The molecule has 0 bridgehead atoms. The van der Waals surface area contributed by atoms with E-state index in [1.165, 1.54) is 13.2 Å². The van der Waals surface area contributed by atoms with Crippen LogP contribution >= 0.6 is 0 Å². The van der Waals surface area contributed by atoms with Gasteiger partial charge in [-0.15, -0.1) is 0 Å². The number of halogens is 1. The third-order valence-corrected chi connectivity index (χ3v) is 3.45. The maximum Gasteiger partial charge on any atom is 0.165 e. The molecule has 5 heteroatoms. The minimum Gasteiger partial charge on any atom is -0.494 e. The van der Waals surface area contributed by atoms with Crippen molar-refractivity contribution >= 4 is 0 Å². The Labute approximate surface area is 124 Å². The van der Waals surface area contributed by atoms with Gasteiger partial charge in [0, 0.05) is 23.8 Å². The zero-order valence-corrected chi connectivity index (χ0v) is 13.0. The van der Waals surface area contributed by atoms with Crippen LogP contribution in [0, 0.1) is 12.7 Å². The van der Waals surface area contributed by atoms with Crippen LogP contribution in [-0.2, 0) is 13.1 Å². The Balaban J connectivity index is 2.11. The molecule has 0 aliphatic carbocycles. The molecule has 1 aromatic carbocycles. The van der Waals surface area contributed by atoms with Gasteiger partial charge in [-0.3, -0.25) is 4.68 Å². The lowest BCUT2D eigenvalue weighted by atomic mass is 10.2. The lowest BCUT2D eigenvalue weighted by molar-refractivity contribution is 0.386. The third-order valence-electron chi connectivity index (χ3n) is 3.45. The van der Waals surface area contributed by atoms with Crippen molar-refractivity contribution in [3.05, 3.63) is 47.0 Å². The first kappa shape index (κ1) is 15.5. The van der Waals surface area contributed by atoms with Crippen LogP contribution in [0.15, 0.2) is 24.4 Å². The average molecular weight is 291 g/mol. The highest BCUT2D eigenvalue weighted by molar-refractivity contribution is 5.29. The van der Waals surface area contributed by atoms with E-state index in [0.29, 0.717) is 12.6 Å². The molecule has 0 spiro atoms. The summed E-state index contributed by atoms with van der Waals surface area (Å²) in [6, 6.07) is 5.43. The number of rotatable bonds is 6. The van der Waals surface area contributed by atoms with Crippen LogP contribution in [-0.4, -0.2) is 22.9 Å². The largest absolute Gasteiger partial charge is 0.494 e. The Hall–Kier alpha value is -1.88. The van der Waals surface area contributed by atoms with Gasteiger partial charge in [0.2, 0.25) is 0 Å². The maximum absolute atomic E-state index is 13.7. The van der Waals surface area contributed by atoms with E-state index in [0.717, 1.165) is 23.4 Å². The van der Waals surface area contributed by atoms with Crippen molar-refractivity contribution < 1.29 is 9.13 Å². The lowest BCUT2D eigenvalue weighted by Crippen LogP contribution is -2.22. The summed E-state index contributed by atoms with van der Waals surface area (Å²) in [5, 5.41) is 7.76. The van der Waals surface area contributed by atoms with Gasteiger partial charge in [0.05, 0.1) is 19.9 Å². The lowest BCUT2D eigenvalue weighted by Gasteiger charge is -2.09. The highest BCUT2D eigenvalue weighted by Crippen LogP contribution is 2.19. The number of aromatic nitrogens is 2. The minimum absolute atomic E-state index is 0.262. The number of hydrogen-bond donors (Lipinski definition) is 1. The van der Waals surface area contributed by atoms with Crippen molar-refractivity contribution in [2.75, 3.05) is 7.11 Å². The fourth-order valence-electron chi connectivity index (χ4n) is 2.11. The number of nitrogens with zero attached hydrogens (tertiary/aromatic N) is 2. The molecule has 21 heavy (non-hydrogen) atoms. The van der Waals surface area contributed by atoms with Gasteiger partial charge in [-0.2, -0.15) is 5.10 Å². The van der Waals surface area contributed by atoms with Crippen molar-refractivity contribution in [1.29, 1.82) is 0 Å². The van der Waals surface area contributed by atoms with Crippen LogP contribution in [0.2, 0.25) is 0 Å². The quantitative estimate of drug-likeness (QED) is 0.889. The standard InChI is InChI=1S/C16H22FN3O/c1-11(2)18-8-14-9-19-20(12(14)3)10-13-5-6-16(21-4)15(17)7-13/h5-7,9,11,18H,8,10H2,1-4H3. The Bertz CT molecular complexity index is 608. The fourth-order valence-corrected chi connectivity index (χ4v) is 2.11. The van der Waals surface area contributed by atoms with E-state index in [-0.39, 0.29) is 11.6 Å². The molecule has 1 N–H and O–H groups in total. The molecule has 0 aliphatic heterocycles. The summed E-state index contributed by atoms with van der Waals surface area (Å²) < 4.78 is 20.5. The third kappa shape index (κ3) is 3.82. The molecule has 0 fully saturated rings. The summed E-state index contributed by atoms with van der Waals surface area (Å²) in [5.41, 5.74) is 3.12. The second kappa shape index (κ2) is 6.72. The van der Waals surface area contributed by atoms with Gasteiger partial charge < -0.3 is 10.1 Å².